The van der Waals surface area contributed by atoms with Crippen LogP contribution < -0.4 is 0 Å². The molecule has 0 saturated heterocycles. The normalized spacial score (nSPS) is 11.7. The lowest BCUT2D eigenvalue weighted by atomic mass is 10.0. The van der Waals surface area contributed by atoms with E-state index in [9.17, 15) is 9.59 Å². The summed E-state index contributed by atoms with van der Waals surface area (Å²) in [7, 11) is 0. The molecular formula is C58H110O4. The Kier molecular flexibility index (Phi) is 54.1. The van der Waals surface area contributed by atoms with Crippen molar-refractivity contribution >= 4 is 11.9 Å². The average molecular weight is 872 g/mol. The van der Waals surface area contributed by atoms with Gasteiger partial charge in [-0.2, -0.15) is 0 Å². The van der Waals surface area contributed by atoms with Crippen molar-refractivity contribution in [2.75, 3.05) is 13.2 Å². The van der Waals surface area contributed by atoms with Crippen LogP contribution in [0.15, 0.2) is 24.3 Å². The van der Waals surface area contributed by atoms with E-state index in [-0.39, 0.29) is 11.9 Å². The number of hydrogen-bond donors (Lipinski definition) is 0. The number of allylic oxidation sites excluding steroid dienone is 4. The van der Waals surface area contributed by atoms with Gasteiger partial charge in [-0.05, 0) is 77.0 Å². The second kappa shape index (κ2) is 55.6. The molecule has 0 aromatic carbocycles. The zero-order valence-electron chi connectivity index (χ0n) is 42.3. The van der Waals surface area contributed by atoms with Gasteiger partial charge in [0.1, 0.15) is 0 Å². The summed E-state index contributed by atoms with van der Waals surface area (Å²) in [6.45, 7) is 5.79. The SMILES string of the molecule is CCCCCCCC/C=C\CCCCCCCC(=O)OCCCCCCCCCCCCCCCCCCCCCCOC(=O)CCCCCCC/C=C\CCCCCCCC. The van der Waals surface area contributed by atoms with Crippen molar-refractivity contribution in [3.05, 3.63) is 24.3 Å². The van der Waals surface area contributed by atoms with E-state index in [1.165, 1.54) is 257 Å². The minimum Gasteiger partial charge on any atom is -0.466 e. The Hall–Kier alpha value is -1.58. The summed E-state index contributed by atoms with van der Waals surface area (Å²) >= 11 is 0. The molecule has 0 aliphatic rings. The van der Waals surface area contributed by atoms with Crippen molar-refractivity contribution in [2.45, 2.75) is 322 Å². The van der Waals surface area contributed by atoms with E-state index in [1.54, 1.807) is 0 Å². The Labute approximate surface area is 389 Å². The van der Waals surface area contributed by atoms with Gasteiger partial charge >= 0.3 is 11.9 Å². The molecule has 4 heteroatoms. The maximum absolute atomic E-state index is 12.0. The van der Waals surface area contributed by atoms with Crippen LogP contribution in [0.4, 0.5) is 0 Å². The highest BCUT2D eigenvalue weighted by atomic mass is 16.5. The van der Waals surface area contributed by atoms with Gasteiger partial charge in [-0.15, -0.1) is 0 Å². The lowest BCUT2D eigenvalue weighted by Gasteiger charge is -2.06. The van der Waals surface area contributed by atoms with Gasteiger partial charge in [0.25, 0.3) is 0 Å². The summed E-state index contributed by atoms with van der Waals surface area (Å²) < 4.78 is 11.0. The van der Waals surface area contributed by atoms with Gasteiger partial charge in [0, 0.05) is 12.8 Å². The van der Waals surface area contributed by atoms with Crippen LogP contribution in [0.1, 0.15) is 322 Å². The standard InChI is InChI=1S/C58H110O4/c1-3-5-7-9-11-13-15-17-25-29-33-37-41-45-49-53-57(59)61-55-51-47-43-39-35-31-27-23-21-19-20-22-24-28-32-36-40-44-48-52-56-62-58(60)54-50-46-42-38-34-30-26-18-16-14-12-10-8-6-4-2/h17-18,25-26H,3-16,19-24,27-56H2,1-2H3/b25-17-,26-18-. The molecule has 0 N–H and O–H groups in total. The Morgan fingerprint density at radius 1 is 0.258 bits per heavy atom. The van der Waals surface area contributed by atoms with Crippen LogP contribution in [0.25, 0.3) is 0 Å². The Morgan fingerprint density at radius 2 is 0.452 bits per heavy atom. The number of unbranched alkanes of at least 4 members (excludes halogenated alkanes) is 41. The fourth-order valence-electron chi connectivity index (χ4n) is 8.58. The summed E-state index contributed by atoms with van der Waals surface area (Å²) in [6, 6.07) is 0. The molecule has 4 nitrogen and oxygen atoms in total. The van der Waals surface area contributed by atoms with Crippen LogP contribution in [0.2, 0.25) is 0 Å². The van der Waals surface area contributed by atoms with Crippen LogP contribution in [-0.4, -0.2) is 25.2 Å². The predicted octanol–water partition coefficient (Wildman–Crippen LogP) is 19.9. The van der Waals surface area contributed by atoms with Crippen LogP contribution in [0.3, 0.4) is 0 Å². The van der Waals surface area contributed by atoms with Crippen LogP contribution >= 0.6 is 0 Å². The van der Waals surface area contributed by atoms with Crippen molar-refractivity contribution in [3.8, 4) is 0 Å². The first kappa shape index (κ1) is 60.4. The van der Waals surface area contributed by atoms with Crippen LogP contribution in [-0.2, 0) is 19.1 Å². The van der Waals surface area contributed by atoms with Gasteiger partial charge in [-0.25, -0.2) is 0 Å². The molecule has 0 aliphatic heterocycles. The largest absolute Gasteiger partial charge is 0.466 e. The molecule has 0 atom stereocenters. The number of ether oxygens (including phenoxy) is 2. The molecule has 0 amide bonds. The van der Waals surface area contributed by atoms with Crippen molar-refractivity contribution in [1.82, 2.24) is 0 Å². The summed E-state index contributed by atoms with van der Waals surface area (Å²) in [5.41, 5.74) is 0. The van der Waals surface area contributed by atoms with Gasteiger partial charge in [0.15, 0.2) is 0 Å². The van der Waals surface area contributed by atoms with Gasteiger partial charge in [0.05, 0.1) is 13.2 Å². The van der Waals surface area contributed by atoms with Gasteiger partial charge in [0.2, 0.25) is 0 Å². The van der Waals surface area contributed by atoms with E-state index >= 15 is 0 Å². The summed E-state index contributed by atoms with van der Waals surface area (Å²) in [5.74, 6) is 0.0218. The smallest absolute Gasteiger partial charge is 0.305 e. The second-order valence-electron chi connectivity index (χ2n) is 19.2. The third-order valence-electron chi connectivity index (χ3n) is 12.9. The van der Waals surface area contributed by atoms with E-state index in [4.69, 9.17) is 9.47 Å². The zero-order chi connectivity index (χ0) is 44.8. The Bertz CT molecular complexity index is 850. The summed E-state index contributed by atoms with van der Waals surface area (Å²) in [4.78, 5) is 24.1. The lowest BCUT2D eigenvalue weighted by Crippen LogP contribution is -2.05. The molecule has 0 rings (SSSR count). The summed E-state index contributed by atoms with van der Waals surface area (Å²) in [5, 5.41) is 0. The number of carbonyl (C=O) groups excluding carboxylic acids is 2. The highest BCUT2D eigenvalue weighted by Crippen LogP contribution is 2.16. The van der Waals surface area contributed by atoms with Gasteiger partial charge in [-0.3, -0.25) is 9.59 Å². The Balaban J connectivity index is 3.22. The number of rotatable bonds is 53. The molecule has 0 heterocycles. The highest BCUT2D eigenvalue weighted by molar-refractivity contribution is 5.69. The van der Waals surface area contributed by atoms with Crippen molar-refractivity contribution in [2.24, 2.45) is 0 Å². The highest BCUT2D eigenvalue weighted by Gasteiger charge is 2.04. The van der Waals surface area contributed by atoms with E-state index in [2.05, 4.69) is 38.2 Å². The van der Waals surface area contributed by atoms with E-state index < -0.39 is 0 Å². The molecule has 0 aromatic rings. The second-order valence-corrected chi connectivity index (χ2v) is 19.2. The predicted molar refractivity (Wildman–Crippen MR) is 273 cm³/mol. The average Bonchev–Trinajstić information content (AvgIpc) is 3.27. The first-order valence-corrected chi connectivity index (χ1v) is 28.3. The monoisotopic (exact) mass is 871 g/mol. The van der Waals surface area contributed by atoms with Crippen LogP contribution in [0, 0.1) is 0 Å². The van der Waals surface area contributed by atoms with E-state index in [1.807, 2.05) is 0 Å². The first-order chi connectivity index (χ1) is 30.7. The molecule has 0 spiro atoms. The quantitative estimate of drug-likeness (QED) is 0.0347. The van der Waals surface area contributed by atoms with E-state index in [0.29, 0.717) is 26.1 Å². The molecule has 0 saturated carbocycles. The summed E-state index contributed by atoms with van der Waals surface area (Å²) in [6.07, 6.45) is 70.5. The molecule has 0 radical (unpaired) electrons. The first-order valence-electron chi connectivity index (χ1n) is 28.3. The number of esters is 2. The Morgan fingerprint density at radius 3 is 0.694 bits per heavy atom. The maximum Gasteiger partial charge on any atom is 0.305 e. The molecule has 0 aromatic heterocycles. The molecule has 0 fully saturated rings. The lowest BCUT2D eigenvalue weighted by molar-refractivity contribution is -0.144. The third-order valence-corrected chi connectivity index (χ3v) is 12.9. The fraction of sp³-hybridized carbons (Fsp3) is 0.897. The molecule has 366 valence electrons. The molecule has 0 unspecified atom stereocenters. The van der Waals surface area contributed by atoms with E-state index in [0.717, 1.165) is 38.5 Å². The van der Waals surface area contributed by atoms with Crippen molar-refractivity contribution in [1.29, 1.82) is 0 Å². The van der Waals surface area contributed by atoms with Crippen molar-refractivity contribution in [3.63, 3.8) is 0 Å². The molecular weight excluding hydrogens is 761 g/mol. The maximum atomic E-state index is 12.0. The number of hydrogen-bond acceptors (Lipinski definition) is 4. The fourth-order valence-corrected chi connectivity index (χ4v) is 8.58. The minimum absolute atomic E-state index is 0.0109. The van der Waals surface area contributed by atoms with Crippen molar-refractivity contribution < 1.29 is 19.1 Å². The minimum atomic E-state index is 0.0109. The van der Waals surface area contributed by atoms with Gasteiger partial charge in [-0.1, -0.05) is 256 Å². The molecule has 0 bridgehead atoms. The topological polar surface area (TPSA) is 52.6 Å². The van der Waals surface area contributed by atoms with Crippen LogP contribution in [0.5, 0.6) is 0 Å². The molecule has 62 heavy (non-hydrogen) atoms. The van der Waals surface area contributed by atoms with Gasteiger partial charge < -0.3 is 9.47 Å². The third kappa shape index (κ3) is 54.6. The number of carbonyl (C=O) groups is 2. The molecule has 0 aliphatic carbocycles. The zero-order valence-corrected chi connectivity index (χ0v) is 42.3.